The number of aromatic nitrogens is 1. The number of halogens is 1. The number of ether oxygens (including phenoxy) is 1. The third-order valence-electron chi connectivity index (χ3n) is 4.22. The van der Waals surface area contributed by atoms with Crippen molar-refractivity contribution in [2.45, 2.75) is 38.3 Å². The summed E-state index contributed by atoms with van der Waals surface area (Å²) in [4.78, 5) is 6.45. The first-order valence-corrected chi connectivity index (χ1v) is 7.89. The van der Waals surface area contributed by atoms with Crippen LogP contribution in [0.5, 0.6) is 0 Å². The van der Waals surface area contributed by atoms with E-state index >= 15 is 0 Å². The highest BCUT2D eigenvalue weighted by Crippen LogP contribution is 2.24. The number of rotatable bonds is 6. The summed E-state index contributed by atoms with van der Waals surface area (Å²) < 4.78 is 19.0. The molecule has 0 aromatic carbocycles. The lowest BCUT2D eigenvalue weighted by Crippen LogP contribution is -2.32. The fourth-order valence-corrected chi connectivity index (χ4v) is 2.91. The van der Waals surface area contributed by atoms with Gasteiger partial charge in [0.25, 0.3) is 0 Å². The molecule has 5 heteroatoms. The fraction of sp³-hybridized carbons (Fsp3) is 0.688. The molecule has 0 amide bonds. The highest BCUT2D eigenvalue weighted by Gasteiger charge is 2.22. The zero-order valence-electron chi connectivity index (χ0n) is 12.6. The molecule has 116 valence electrons. The lowest BCUT2D eigenvalue weighted by molar-refractivity contribution is 0.0576. The van der Waals surface area contributed by atoms with Gasteiger partial charge in [-0.3, -0.25) is 0 Å². The van der Waals surface area contributed by atoms with E-state index in [1.165, 1.54) is 25.5 Å². The zero-order chi connectivity index (χ0) is 14.7. The van der Waals surface area contributed by atoms with Crippen LogP contribution in [-0.2, 0) is 11.3 Å². The Kier molecular flexibility index (Phi) is 4.70. The van der Waals surface area contributed by atoms with Crippen LogP contribution in [-0.4, -0.2) is 37.8 Å². The van der Waals surface area contributed by atoms with E-state index in [0.29, 0.717) is 18.5 Å². The highest BCUT2D eigenvalue weighted by atomic mass is 19.1. The van der Waals surface area contributed by atoms with Crippen LogP contribution < -0.4 is 10.2 Å². The predicted molar refractivity (Wildman–Crippen MR) is 80.9 cm³/mol. The molecule has 1 atom stereocenters. The van der Waals surface area contributed by atoms with Gasteiger partial charge in [-0.05, 0) is 37.7 Å². The normalized spacial score (nSPS) is 22.3. The van der Waals surface area contributed by atoms with Gasteiger partial charge in [0, 0.05) is 38.3 Å². The highest BCUT2D eigenvalue weighted by molar-refractivity contribution is 5.46. The second-order valence-electron chi connectivity index (χ2n) is 6.26. The minimum atomic E-state index is -0.263. The lowest BCUT2D eigenvalue weighted by Gasteiger charge is -2.29. The summed E-state index contributed by atoms with van der Waals surface area (Å²) in [5, 5.41) is 3.44. The fourth-order valence-electron chi connectivity index (χ4n) is 2.91. The van der Waals surface area contributed by atoms with Gasteiger partial charge >= 0.3 is 0 Å². The van der Waals surface area contributed by atoms with Crippen molar-refractivity contribution in [3.05, 3.63) is 23.6 Å². The van der Waals surface area contributed by atoms with Gasteiger partial charge < -0.3 is 15.0 Å². The van der Waals surface area contributed by atoms with E-state index in [4.69, 9.17) is 4.74 Å². The zero-order valence-corrected chi connectivity index (χ0v) is 12.6. The Bertz CT molecular complexity index is 473. The number of hydrogen-bond donors (Lipinski definition) is 1. The molecule has 2 fully saturated rings. The molecule has 1 aromatic heterocycles. The number of pyridine rings is 1. The molecule has 0 spiro atoms. The van der Waals surface area contributed by atoms with Crippen molar-refractivity contribution >= 4 is 5.82 Å². The van der Waals surface area contributed by atoms with Crippen LogP contribution >= 0.6 is 0 Å². The van der Waals surface area contributed by atoms with Gasteiger partial charge in [0.1, 0.15) is 11.6 Å². The SMILES string of the molecule is CN(CC1CCCOC1)c1ncc(F)cc1CNC1CC1. The van der Waals surface area contributed by atoms with Gasteiger partial charge in [0.15, 0.2) is 0 Å². The maximum Gasteiger partial charge on any atom is 0.141 e. The first kappa shape index (κ1) is 14.7. The Labute approximate surface area is 125 Å². The molecule has 1 saturated carbocycles. The maximum absolute atomic E-state index is 13.5. The smallest absolute Gasteiger partial charge is 0.141 e. The second kappa shape index (κ2) is 6.71. The topological polar surface area (TPSA) is 37.4 Å². The molecule has 21 heavy (non-hydrogen) atoms. The van der Waals surface area contributed by atoms with Crippen LogP contribution in [0.3, 0.4) is 0 Å². The van der Waals surface area contributed by atoms with E-state index in [9.17, 15) is 4.39 Å². The largest absolute Gasteiger partial charge is 0.381 e. The van der Waals surface area contributed by atoms with Crippen LogP contribution in [0.25, 0.3) is 0 Å². The van der Waals surface area contributed by atoms with E-state index < -0.39 is 0 Å². The van der Waals surface area contributed by atoms with Crippen molar-refractivity contribution in [1.82, 2.24) is 10.3 Å². The minimum absolute atomic E-state index is 0.263. The molecule has 2 heterocycles. The Balaban J connectivity index is 1.66. The summed E-state index contributed by atoms with van der Waals surface area (Å²) in [5.41, 5.74) is 0.945. The van der Waals surface area contributed by atoms with Crippen molar-refractivity contribution in [1.29, 1.82) is 0 Å². The van der Waals surface area contributed by atoms with Crippen LogP contribution in [0.15, 0.2) is 12.3 Å². The standard InChI is InChI=1S/C16H24FN3O/c1-20(10-12-3-2-6-21-11-12)16-13(7-14(17)9-19-16)8-18-15-4-5-15/h7,9,12,15,18H,2-6,8,10-11H2,1H3. The molecular formula is C16H24FN3O. The van der Waals surface area contributed by atoms with Crippen molar-refractivity contribution in [3.8, 4) is 0 Å². The average Bonchev–Trinajstić information content (AvgIpc) is 3.30. The van der Waals surface area contributed by atoms with Gasteiger partial charge in [-0.25, -0.2) is 9.37 Å². The molecule has 4 nitrogen and oxygen atoms in total. The quantitative estimate of drug-likeness (QED) is 0.873. The molecule has 1 N–H and O–H groups in total. The molecular weight excluding hydrogens is 269 g/mol. The van der Waals surface area contributed by atoms with Crippen molar-refractivity contribution in [2.24, 2.45) is 5.92 Å². The van der Waals surface area contributed by atoms with Gasteiger partial charge in [0.2, 0.25) is 0 Å². The summed E-state index contributed by atoms with van der Waals surface area (Å²) in [6.45, 7) is 3.30. The van der Waals surface area contributed by atoms with Crippen molar-refractivity contribution < 1.29 is 9.13 Å². The van der Waals surface area contributed by atoms with Gasteiger partial charge in [-0.1, -0.05) is 0 Å². The van der Waals surface area contributed by atoms with Crippen molar-refractivity contribution in [3.63, 3.8) is 0 Å². The van der Waals surface area contributed by atoms with Crippen LogP contribution in [0.2, 0.25) is 0 Å². The van der Waals surface area contributed by atoms with E-state index in [0.717, 1.165) is 37.6 Å². The van der Waals surface area contributed by atoms with E-state index in [-0.39, 0.29) is 5.82 Å². The summed E-state index contributed by atoms with van der Waals surface area (Å²) >= 11 is 0. The van der Waals surface area contributed by atoms with Gasteiger partial charge in [0.05, 0.1) is 12.8 Å². The van der Waals surface area contributed by atoms with Crippen LogP contribution in [0.1, 0.15) is 31.2 Å². The molecule has 1 unspecified atom stereocenters. The Morgan fingerprint density at radius 3 is 3.00 bits per heavy atom. The second-order valence-corrected chi connectivity index (χ2v) is 6.26. The average molecular weight is 293 g/mol. The molecule has 2 aliphatic rings. The Hall–Kier alpha value is -1.20. The first-order chi connectivity index (χ1) is 10.2. The predicted octanol–water partition coefficient (Wildman–Crippen LogP) is 2.34. The molecule has 1 aromatic rings. The Morgan fingerprint density at radius 2 is 2.29 bits per heavy atom. The lowest BCUT2D eigenvalue weighted by atomic mass is 10.0. The molecule has 3 rings (SSSR count). The molecule has 1 saturated heterocycles. The minimum Gasteiger partial charge on any atom is -0.381 e. The molecule has 0 radical (unpaired) electrons. The number of nitrogens with one attached hydrogen (secondary N) is 1. The van der Waals surface area contributed by atoms with Crippen molar-refractivity contribution in [2.75, 3.05) is 31.7 Å². The van der Waals surface area contributed by atoms with Gasteiger partial charge in [-0.15, -0.1) is 0 Å². The summed E-state index contributed by atoms with van der Waals surface area (Å²) in [6.07, 6.45) is 6.09. The first-order valence-electron chi connectivity index (χ1n) is 7.89. The van der Waals surface area contributed by atoms with E-state index in [1.54, 1.807) is 6.07 Å². The Morgan fingerprint density at radius 1 is 1.43 bits per heavy atom. The molecule has 0 bridgehead atoms. The summed E-state index contributed by atoms with van der Waals surface area (Å²) in [5.74, 6) is 1.16. The molecule has 1 aliphatic heterocycles. The monoisotopic (exact) mass is 293 g/mol. The number of nitrogens with zero attached hydrogens (tertiary/aromatic N) is 2. The third kappa shape index (κ3) is 4.14. The third-order valence-corrected chi connectivity index (χ3v) is 4.22. The maximum atomic E-state index is 13.5. The summed E-state index contributed by atoms with van der Waals surface area (Å²) in [6, 6.07) is 2.21. The van der Waals surface area contributed by atoms with E-state index in [2.05, 4.69) is 15.2 Å². The van der Waals surface area contributed by atoms with Crippen LogP contribution in [0, 0.1) is 11.7 Å². The molecule has 1 aliphatic carbocycles. The summed E-state index contributed by atoms with van der Waals surface area (Å²) in [7, 11) is 2.04. The number of hydrogen-bond acceptors (Lipinski definition) is 4. The number of anilines is 1. The van der Waals surface area contributed by atoms with Crippen LogP contribution in [0.4, 0.5) is 10.2 Å². The van der Waals surface area contributed by atoms with E-state index in [1.807, 2.05) is 7.05 Å². The van der Waals surface area contributed by atoms with Gasteiger partial charge in [-0.2, -0.15) is 0 Å².